The van der Waals surface area contributed by atoms with Gasteiger partial charge in [0.2, 0.25) is 5.91 Å². The van der Waals surface area contributed by atoms with E-state index in [0.717, 1.165) is 16.7 Å². The summed E-state index contributed by atoms with van der Waals surface area (Å²) < 4.78 is 16.2. The Kier molecular flexibility index (Phi) is 6.58. The van der Waals surface area contributed by atoms with E-state index in [2.05, 4.69) is 10.5 Å². The maximum Gasteiger partial charge on any atom is 0.355 e. The lowest BCUT2D eigenvalue weighted by atomic mass is 9.87. The number of benzene rings is 2. The maximum absolute atomic E-state index is 13.2. The van der Waals surface area contributed by atoms with Crippen LogP contribution in [-0.4, -0.2) is 55.8 Å². The van der Waals surface area contributed by atoms with Gasteiger partial charge in [0, 0.05) is 19.4 Å². The standard InChI is InChI=1S/C24H25N3O6/c1-31-19-12-16-10-11-27(22(29)14-33-24(30)18-8-9-21(28)26-25-18)23(15-6-4-3-5-7-15)17(16)13-20(19)32-2/h3-7,12-13,23H,8-11,14H2,1-2H3,(H,26,28)/t23-/m0/s1. The minimum absolute atomic E-state index is 0.0998. The van der Waals surface area contributed by atoms with Crippen LogP contribution in [0.5, 0.6) is 11.5 Å². The molecule has 0 saturated heterocycles. The molecule has 2 amide bonds. The first-order chi connectivity index (χ1) is 16.0. The lowest BCUT2D eigenvalue weighted by Gasteiger charge is -2.38. The summed E-state index contributed by atoms with van der Waals surface area (Å²) in [6, 6.07) is 13.2. The normalized spacial score (nSPS) is 17.4. The predicted octanol–water partition coefficient (Wildman–Crippen LogP) is 1.99. The van der Waals surface area contributed by atoms with Crippen molar-refractivity contribution >= 4 is 23.5 Å². The number of hydrazone groups is 1. The highest BCUT2D eigenvalue weighted by Gasteiger charge is 2.34. The predicted molar refractivity (Wildman–Crippen MR) is 119 cm³/mol. The van der Waals surface area contributed by atoms with Gasteiger partial charge in [0.05, 0.1) is 20.3 Å². The maximum atomic E-state index is 13.2. The number of carbonyl (C=O) groups excluding carboxylic acids is 3. The van der Waals surface area contributed by atoms with Gasteiger partial charge < -0.3 is 19.1 Å². The fourth-order valence-corrected chi connectivity index (χ4v) is 4.12. The zero-order valence-corrected chi connectivity index (χ0v) is 18.5. The van der Waals surface area contributed by atoms with E-state index in [-0.39, 0.29) is 36.4 Å². The summed E-state index contributed by atoms with van der Waals surface area (Å²) >= 11 is 0. The molecular weight excluding hydrogens is 426 g/mol. The molecule has 2 aromatic rings. The van der Waals surface area contributed by atoms with E-state index < -0.39 is 12.6 Å². The summed E-state index contributed by atoms with van der Waals surface area (Å²) in [7, 11) is 3.16. The Morgan fingerprint density at radius 2 is 1.79 bits per heavy atom. The molecule has 0 aliphatic carbocycles. The first kappa shape index (κ1) is 22.3. The molecule has 0 spiro atoms. The lowest BCUT2D eigenvalue weighted by Crippen LogP contribution is -2.43. The monoisotopic (exact) mass is 451 g/mol. The van der Waals surface area contributed by atoms with Crippen LogP contribution in [0.25, 0.3) is 0 Å². The van der Waals surface area contributed by atoms with Crippen LogP contribution in [0.2, 0.25) is 0 Å². The van der Waals surface area contributed by atoms with Gasteiger partial charge in [0.15, 0.2) is 18.1 Å². The van der Waals surface area contributed by atoms with Crippen LogP contribution in [0, 0.1) is 0 Å². The fraction of sp³-hybridized carbons (Fsp3) is 0.333. The van der Waals surface area contributed by atoms with Crippen molar-refractivity contribution in [2.45, 2.75) is 25.3 Å². The largest absolute Gasteiger partial charge is 0.493 e. The van der Waals surface area contributed by atoms with Crippen LogP contribution in [0.4, 0.5) is 0 Å². The second-order valence-electron chi connectivity index (χ2n) is 7.73. The number of hydrogen-bond acceptors (Lipinski definition) is 7. The number of fused-ring (bicyclic) bond motifs is 1. The number of ether oxygens (including phenoxy) is 3. The Morgan fingerprint density at radius 3 is 2.45 bits per heavy atom. The Labute approximate surface area is 191 Å². The average Bonchev–Trinajstić information content (AvgIpc) is 2.86. The van der Waals surface area contributed by atoms with Crippen molar-refractivity contribution in [3.05, 3.63) is 59.2 Å². The van der Waals surface area contributed by atoms with Gasteiger partial charge in [0.25, 0.3) is 5.91 Å². The van der Waals surface area contributed by atoms with Crippen LogP contribution in [0.15, 0.2) is 47.6 Å². The number of nitrogens with one attached hydrogen (secondary N) is 1. The van der Waals surface area contributed by atoms with E-state index in [9.17, 15) is 14.4 Å². The first-order valence-electron chi connectivity index (χ1n) is 10.6. The molecule has 0 saturated carbocycles. The minimum Gasteiger partial charge on any atom is -0.493 e. The van der Waals surface area contributed by atoms with Crippen molar-refractivity contribution in [2.24, 2.45) is 5.10 Å². The quantitative estimate of drug-likeness (QED) is 0.674. The fourth-order valence-electron chi connectivity index (χ4n) is 4.12. The van der Waals surface area contributed by atoms with Gasteiger partial charge in [-0.3, -0.25) is 9.59 Å². The molecule has 4 rings (SSSR count). The molecule has 0 unspecified atom stereocenters. The van der Waals surface area contributed by atoms with Crippen LogP contribution in [0.1, 0.15) is 35.6 Å². The number of nitrogens with zero attached hydrogens (tertiary/aromatic N) is 2. The third-order valence-electron chi connectivity index (χ3n) is 5.78. The second kappa shape index (κ2) is 9.72. The highest BCUT2D eigenvalue weighted by molar-refractivity contribution is 6.37. The van der Waals surface area contributed by atoms with Crippen molar-refractivity contribution in [1.82, 2.24) is 10.3 Å². The van der Waals surface area contributed by atoms with Crippen LogP contribution >= 0.6 is 0 Å². The molecule has 0 radical (unpaired) electrons. The first-order valence-corrected chi connectivity index (χ1v) is 10.6. The molecule has 33 heavy (non-hydrogen) atoms. The Hall–Kier alpha value is -3.88. The third kappa shape index (κ3) is 4.67. The number of methoxy groups -OCH3 is 2. The molecule has 172 valence electrons. The number of carbonyl (C=O) groups is 3. The molecule has 2 heterocycles. The van der Waals surface area contributed by atoms with E-state index in [4.69, 9.17) is 14.2 Å². The third-order valence-corrected chi connectivity index (χ3v) is 5.78. The number of rotatable bonds is 6. The SMILES string of the molecule is COc1cc2c(cc1OC)[C@H](c1ccccc1)N(C(=O)COC(=O)C1=NNC(=O)CC1)CC2. The second-order valence-corrected chi connectivity index (χ2v) is 7.73. The van der Waals surface area contributed by atoms with Gasteiger partial charge in [-0.15, -0.1) is 0 Å². The van der Waals surface area contributed by atoms with E-state index >= 15 is 0 Å². The summed E-state index contributed by atoms with van der Waals surface area (Å²) in [6.45, 7) is 0.0349. The topological polar surface area (TPSA) is 107 Å². The highest BCUT2D eigenvalue weighted by atomic mass is 16.5. The van der Waals surface area contributed by atoms with Gasteiger partial charge in [-0.1, -0.05) is 30.3 Å². The van der Waals surface area contributed by atoms with E-state index in [1.165, 1.54) is 0 Å². The molecule has 2 aliphatic heterocycles. The van der Waals surface area contributed by atoms with Crippen molar-refractivity contribution < 1.29 is 28.6 Å². The Bertz CT molecular complexity index is 1100. The summed E-state index contributed by atoms with van der Waals surface area (Å²) in [5.41, 5.74) is 5.29. The van der Waals surface area contributed by atoms with Crippen LogP contribution in [0.3, 0.4) is 0 Å². The highest BCUT2D eigenvalue weighted by Crippen LogP contribution is 2.41. The number of hydrogen-bond donors (Lipinski definition) is 1. The summed E-state index contributed by atoms with van der Waals surface area (Å²) in [5.74, 6) is -0.0683. The summed E-state index contributed by atoms with van der Waals surface area (Å²) in [5, 5.41) is 3.72. The molecule has 9 nitrogen and oxygen atoms in total. The molecule has 0 fully saturated rings. The van der Waals surface area contributed by atoms with Crippen molar-refractivity contribution in [2.75, 3.05) is 27.4 Å². The Balaban J connectivity index is 1.59. The molecule has 2 aromatic carbocycles. The molecule has 1 N–H and O–H groups in total. The zero-order chi connectivity index (χ0) is 23.4. The molecular formula is C24H25N3O6. The Morgan fingerprint density at radius 1 is 1.06 bits per heavy atom. The molecule has 0 aromatic heterocycles. The molecule has 0 bridgehead atoms. The van der Waals surface area contributed by atoms with E-state index in [1.54, 1.807) is 19.1 Å². The number of esters is 1. The molecule has 1 atom stereocenters. The molecule has 2 aliphatic rings. The van der Waals surface area contributed by atoms with E-state index in [0.29, 0.717) is 24.5 Å². The van der Waals surface area contributed by atoms with Gasteiger partial charge in [-0.25, -0.2) is 10.2 Å². The average molecular weight is 451 g/mol. The van der Waals surface area contributed by atoms with Gasteiger partial charge in [-0.05, 0) is 35.2 Å². The zero-order valence-electron chi connectivity index (χ0n) is 18.5. The smallest absolute Gasteiger partial charge is 0.355 e. The van der Waals surface area contributed by atoms with E-state index in [1.807, 2.05) is 42.5 Å². The number of amides is 2. The van der Waals surface area contributed by atoms with Gasteiger partial charge >= 0.3 is 5.97 Å². The van der Waals surface area contributed by atoms with Crippen molar-refractivity contribution in [3.8, 4) is 11.5 Å². The minimum atomic E-state index is -0.705. The summed E-state index contributed by atoms with van der Waals surface area (Å²) in [4.78, 5) is 38.4. The van der Waals surface area contributed by atoms with Crippen LogP contribution < -0.4 is 14.9 Å². The van der Waals surface area contributed by atoms with Gasteiger partial charge in [0.1, 0.15) is 5.71 Å². The molecule has 9 heteroatoms. The van der Waals surface area contributed by atoms with Crippen LogP contribution in [-0.2, 0) is 25.5 Å². The van der Waals surface area contributed by atoms with Crippen molar-refractivity contribution in [3.63, 3.8) is 0 Å². The van der Waals surface area contributed by atoms with Crippen molar-refractivity contribution in [1.29, 1.82) is 0 Å². The van der Waals surface area contributed by atoms with Gasteiger partial charge in [-0.2, -0.15) is 5.10 Å². The lowest BCUT2D eigenvalue weighted by molar-refractivity contribution is -0.148. The summed E-state index contributed by atoms with van der Waals surface area (Å²) in [6.07, 6.45) is 0.966.